The Morgan fingerprint density at radius 1 is 0.742 bits per heavy atom. The van der Waals surface area contributed by atoms with Crippen LogP contribution in [0.15, 0.2) is 60.7 Å². The molecule has 0 aliphatic carbocycles. The Bertz CT molecular complexity index is 649. The van der Waals surface area contributed by atoms with Crippen LogP contribution in [0.25, 0.3) is 0 Å². The van der Waals surface area contributed by atoms with Gasteiger partial charge in [0.1, 0.15) is 8.07 Å². The molecule has 0 amide bonds. The van der Waals surface area contributed by atoms with E-state index in [2.05, 4.69) is 88.0 Å². The van der Waals surface area contributed by atoms with Gasteiger partial charge in [0.25, 0.3) is 0 Å². The second kappa shape index (κ2) is 14.6. The molecule has 0 radical (unpaired) electrons. The van der Waals surface area contributed by atoms with E-state index in [0.29, 0.717) is 12.0 Å². The van der Waals surface area contributed by atoms with Crippen molar-refractivity contribution in [3.8, 4) is 0 Å². The molecule has 0 aliphatic rings. The van der Waals surface area contributed by atoms with Crippen LogP contribution in [0.1, 0.15) is 59.3 Å². The van der Waals surface area contributed by atoms with Gasteiger partial charge in [-0.25, -0.2) is 0 Å². The average Bonchev–Trinajstić information content (AvgIpc) is 2.82. The zero-order chi connectivity index (χ0) is 22.4. The zero-order valence-electron chi connectivity index (χ0n) is 20.3. The topological polar surface area (TPSA) is 18.5 Å². The Balaban J connectivity index is 2.20. The van der Waals surface area contributed by atoms with Gasteiger partial charge in [0.05, 0.1) is 12.7 Å². The van der Waals surface area contributed by atoms with Gasteiger partial charge in [-0.1, -0.05) is 110 Å². The highest BCUT2D eigenvalue weighted by molar-refractivity contribution is 7.01. The predicted molar refractivity (Wildman–Crippen MR) is 137 cm³/mol. The Morgan fingerprint density at radius 3 is 1.87 bits per heavy atom. The van der Waals surface area contributed by atoms with Gasteiger partial charge in [-0.15, -0.1) is 0 Å². The number of rotatable bonds is 16. The average molecular weight is 441 g/mol. The molecular weight excluding hydrogens is 396 g/mol. The van der Waals surface area contributed by atoms with Crippen LogP contribution in [0.3, 0.4) is 0 Å². The number of unbranched alkanes of at least 4 members (excludes halogenated alkanes) is 3. The van der Waals surface area contributed by atoms with Crippen LogP contribution in [-0.2, 0) is 9.47 Å². The van der Waals surface area contributed by atoms with Crippen molar-refractivity contribution in [2.24, 2.45) is 5.92 Å². The lowest BCUT2D eigenvalue weighted by Gasteiger charge is -2.33. The van der Waals surface area contributed by atoms with Gasteiger partial charge in [-0.3, -0.25) is 0 Å². The molecule has 2 unspecified atom stereocenters. The van der Waals surface area contributed by atoms with E-state index in [-0.39, 0.29) is 0 Å². The van der Waals surface area contributed by atoms with Crippen molar-refractivity contribution in [3.63, 3.8) is 0 Å². The van der Waals surface area contributed by atoms with Gasteiger partial charge >= 0.3 is 0 Å². The van der Waals surface area contributed by atoms with Crippen molar-refractivity contribution in [2.75, 3.05) is 19.8 Å². The summed E-state index contributed by atoms with van der Waals surface area (Å²) in [5, 5.41) is 3.04. The van der Waals surface area contributed by atoms with Crippen LogP contribution in [0.2, 0.25) is 12.6 Å². The molecule has 0 bridgehead atoms. The fourth-order valence-corrected chi connectivity index (χ4v) is 8.34. The molecule has 0 fully saturated rings. The fourth-order valence-electron chi connectivity index (χ4n) is 4.63. The van der Waals surface area contributed by atoms with E-state index in [4.69, 9.17) is 9.47 Å². The Kier molecular flexibility index (Phi) is 12.2. The summed E-state index contributed by atoms with van der Waals surface area (Å²) in [5.41, 5.74) is 0. The van der Waals surface area contributed by atoms with Crippen molar-refractivity contribution >= 4 is 18.4 Å². The summed E-state index contributed by atoms with van der Waals surface area (Å²) in [6.45, 7) is 11.4. The van der Waals surface area contributed by atoms with Crippen LogP contribution in [-0.4, -0.2) is 34.0 Å². The molecule has 0 heterocycles. The first-order chi connectivity index (χ1) is 15.2. The largest absolute Gasteiger partial charge is 0.381 e. The second-order valence-electron chi connectivity index (χ2n) is 8.87. The number of hydrogen-bond donors (Lipinski definition) is 0. The summed E-state index contributed by atoms with van der Waals surface area (Å²) in [5.74, 6) is 0.459. The van der Waals surface area contributed by atoms with Gasteiger partial charge in [0.15, 0.2) is 0 Å². The Hall–Kier alpha value is -1.42. The second-order valence-corrected chi connectivity index (χ2v) is 13.2. The molecule has 2 aromatic rings. The summed E-state index contributed by atoms with van der Waals surface area (Å²) >= 11 is 0. The standard InChI is InChI=1S/C28H44O2Si/c1-5-8-9-16-21-28(30-7-3)25(24-29-6-2)22-23-31(4,26-17-12-10-13-18-26)27-19-14-11-15-20-27/h10-15,17-20,25,28H,5-9,16,21-24H2,1-4H3. The first-order valence-corrected chi connectivity index (χ1v) is 15.2. The van der Waals surface area contributed by atoms with Crippen LogP contribution in [0.5, 0.6) is 0 Å². The monoisotopic (exact) mass is 440 g/mol. The molecular formula is C28H44O2Si. The molecule has 0 aromatic heterocycles. The highest BCUT2D eigenvalue weighted by Gasteiger charge is 2.33. The van der Waals surface area contributed by atoms with Gasteiger partial charge in [0, 0.05) is 19.1 Å². The molecule has 172 valence electrons. The third-order valence-electron chi connectivity index (χ3n) is 6.62. The summed E-state index contributed by atoms with van der Waals surface area (Å²) < 4.78 is 12.3. The maximum Gasteiger partial charge on any atom is 0.115 e. The van der Waals surface area contributed by atoms with E-state index in [1.54, 1.807) is 0 Å². The molecule has 2 atom stereocenters. The maximum absolute atomic E-state index is 6.29. The first-order valence-electron chi connectivity index (χ1n) is 12.5. The molecule has 2 nitrogen and oxygen atoms in total. The van der Waals surface area contributed by atoms with Crippen LogP contribution in [0, 0.1) is 5.92 Å². The molecule has 3 heteroatoms. The Morgan fingerprint density at radius 2 is 1.35 bits per heavy atom. The lowest BCUT2D eigenvalue weighted by Crippen LogP contribution is -2.55. The molecule has 0 saturated carbocycles. The van der Waals surface area contributed by atoms with Gasteiger partial charge in [0.2, 0.25) is 0 Å². The molecule has 2 rings (SSSR count). The highest BCUT2D eigenvalue weighted by Crippen LogP contribution is 2.25. The molecule has 0 aliphatic heterocycles. The number of benzene rings is 2. The summed E-state index contributed by atoms with van der Waals surface area (Å²) in [4.78, 5) is 0. The lowest BCUT2D eigenvalue weighted by molar-refractivity contribution is -0.0227. The minimum absolute atomic E-state index is 0.304. The van der Waals surface area contributed by atoms with E-state index in [1.807, 2.05) is 0 Å². The number of ether oxygens (including phenoxy) is 2. The molecule has 0 N–H and O–H groups in total. The van der Waals surface area contributed by atoms with Crippen molar-refractivity contribution in [1.82, 2.24) is 0 Å². The van der Waals surface area contributed by atoms with E-state index >= 15 is 0 Å². The van der Waals surface area contributed by atoms with E-state index in [9.17, 15) is 0 Å². The van der Waals surface area contributed by atoms with Crippen molar-refractivity contribution in [1.29, 1.82) is 0 Å². The smallest absolute Gasteiger partial charge is 0.115 e. The van der Waals surface area contributed by atoms with Gasteiger partial charge in [-0.05, 0) is 32.7 Å². The van der Waals surface area contributed by atoms with Crippen LogP contribution < -0.4 is 10.4 Å². The van der Waals surface area contributed by atoms with Gasteiger partial charge in [-0.2, -0.15) is 0 Å². The fraction of sp³-hybridized carbons (Fsp3) is 0.571. The van der Waals surface area contributed by atoms with Crippen LogP contribution >= 0.6 is 0 Å². The Labute approximate surface area is 192 Å². The summed E-state index contributed by atoms with van der Waals surface area (Å²) in [6.07, 6.45) is 7.78. The van der Waals surface area contributed by atoms with E-state index in [1.165, 1.54) is 42.1 Å². The van der Waals surface area contributed by atoms with Crippen molar-refractivity contribution in [3.05, 3.63) is 60.7 Å². The highest BCUT2D eigenvalue weighted by atomic mass is 28.3. The minimum atomic E-state index is -1.83. The lowest BCUT2D eigenvalue weighted by atomic mass is 9.95. The number of hydrogen-bond acceptors (Lipinski definition) is 2. The van der Waals surface area contributed by atoms with E-state index < -0.39 is 8.07 Å². The van der Waals surface area contributed by atoms with Crippen LogP contribution in [0.4, 0.5) is 0 Å². The minimum Gasteiger partial charge on any atom is -0.381 e. The maximum atomic E-state index is 6.29. The third-order valence-corrected chi connectivity index (χ3v) is 11.1. The molecule has 0 saturated heterocycles. The first kappa shape index (κ1) is 25.8. The summed E-state index contributed by atoms with van der Waals surface area (Å²) in [7, 11) is -1.83. The molecule has 0 spiro atoms. The third kappa shape index (κ3) is 8.21. The zero-order valence-corrected chi connectivity index (χ0v) is 21.3. The van der Waals surface area contributed by atoms with Gasteiger partial charge < -0.3 is 9.47 Å². The predicted octanol–water partition coefficient (Wildman–Crippen LogP) is 6.30. The SMILES string of the molecule is CCCCCCC(OCC)C(CC[Si](C)(c1ccccc1)c1ccccc1)COCC. The molecule has 31 heavy (non-hydrogen) atoms. The quantitative estimate of drug-likeness (QED) is 0.225. The van der Waals surface area contributed by atoms with Crippen molar-refractivity contribution < 1.29 is 9.47 Å². The molecule has 2 aromatic carbocycles. The van der Waals surface area contributed by atoms with Crippen molar-refractivity contribution in [2.45, 2.75) is 78.0 Å². The summed E-state index contributed by atoms with van der Waals surface area (Å²) in [6, 6.07) is 23.6. The van der Waals surface area contributed by atoms with E-state index in [0.717, 1.165) is 32.7 Å². The normalized spacial score (nSPS) is 13.8.